The van der Waals surface area contributed by atoms with E-state index in [0.29, 0.717) is 6.07 Å². The Morgan fingerprint density at radius 3 is 2.40 bits per heavy atom. The van der Waals surface area contributed by atoms with Gasteiger partial charge in [0, 0.05) is 11.8 Å². The SMILES string of the molecule is Nc1cc(C(=O)Nc2ccc(F)c(Cl)c2)c(F)cc1F. The fourth-order valence-corrected chi connectivity index (χ4v) is 1.69. The van der Waals surface area contributed by atoms with Gasteiger partial charge >= 0.3 is 0 Å². The summed E-state index contributed by atoms with van der Waals surface area (Å²) < 4.78 is 39.4. The van der Waals surface area contributed by atoms with Gasteiger partial charge in [-0.1, -0.05) is 11.6 Å². The van der Waals surface area contributed by atoms with Gasteiger partial charge in [-0.3, -0.25) is 4.79 Å². The van der Waals surface area contributed by atoms with Crippen molar-refractivity contribution in [3.05, 3.63) is 58.4 Å². The van der Waals surface area contributed by atoms with E-state index in [4.69, 9.17) is 17.3 Å². The minimum atomic E-state index is -1.05. The number of anilines is 2. The van der Waals surface area contributed by atoms with E-state index in [-0.39, 0.29) is 16.4 Å². The van der Waals surface area contributed by atoms with Crippen molar-refractivity contribution in [2.24, 2.45) is 0 Å². The van der Waals surface area contributed by atoms with Crippen LogP contribution < -0.4 is 11.1 Å². The van der Waals surface area contributed by atoms with E-state index in [0.717, 1.165) is 12.1 Å². The van der Waals surface area contributed by atoms with Gasteiger partial charge in [-0.2, -0.15) is 0 Å². The van der Waals surface area contributed by atoms with Gasteiger partial charge in [-0.25, -0.2) is 13.2 Å². The fraction of sp³-hybridized carbons (Fsp3) is 0. The molecular weight excluding hydrogens is 293 g/mol. The molecule has 1 amide bonds. The molecule has 2 aromatic carbocycles. The summed E-state index contributed by atoms with van der Waals surface area (Å²) in [5.41, 5.74) is 4.66. The van der Waals surface area contributed by atoms with Crippen molar-refractivity contribution in [3.8, 4) is 0 Å². The van der Waals surface area contributed by atoms with Gasteiger partial charge in [0.2, 0.25) is 0 Å². The fourth-order valence-electron chi connectivity index (χ4n) is 1.51. The molecule has 0 fully saturated rings. The van der Waals surface area contributed by atoms with Crippen LogP contribution in [0.3, 0.4) is 0 Å². The van der Waals surface area contributed by atoms with Gasteiger partial charge in [0.05, 0.1) is 16.3 Å². The Hall–Kier alpha value is -2.21. The minimum absolute atomic E-state index is 0.170. The third kappa shape index (κ3) is 2.85. The number of hydrogen-bond donors (Lipinski definition) is 2. The van der Waals surface area contributed by atoms with Crippen molar-refractivity contribution in [1.29, 1.82) is 0 Å². The Balaban J connectivity index is 2.28. The van der Waals surface area contributed by atoms with Crippen LogP contribution in [0.2, 0.25) is 5.02 Å². The first kappa shape index (κ1) is 14.2. The van der Waals surface area contributed by atoms with E-state index in [1.807, 2.05) is 0 Å². The van der Waals surface area contributed by atoms with Crippen molar-refractivity contribution in [3.63, 3.8) is 0 Å². The van der Waals surface area contributed by atoms with Crippen molar-refractivity contribution < 1.29 is 18.0 Å². The Labute approximate surface area is 117 Å². The molecule has 20 heavy (non-hydrogen) atoms. The van der Waals surface area contributed by atoms with Crippen molar-refractivity contribution in [1.82, 2.24) is 0 Å². The van der Waals surface area contributed by atoms with Crippen molar-refractivity contribution >= 4 is 28.9 Å². The van der Waals surface area contributed by atoms with Crippen LogP contribution >= 0.6 is 11.6 Å². The molecule has 0 aliphatic heterocycles. The number of hydrogen-bond acceptors (Lipinski definition) is 2. The van der Waals surface area contributed by atoms with Crippen molar-refractivity contribution in [2.45, 2.75) is 0 Å². The van der Waals surface area contributed by atoms with Crippen LogP contribution in [-0.4, -0.2) is 5.91 Å². The summed E-state index contributed by atoms with van der Waals surface area (Å²) in [5, 5.41) is 2.11. The molecule has 0 aromatic heterocycles. The second-order valence-corrected chi connectivity index (χ2v) is 4.34. The van der Waals surface area contributed by atoms with Crippen LogP contribution in [0, 0.1) is 17.5 Å². The lowest BCUT2D eigenvalue weighted by molar-refractivity contribution is 0.102. The Bertz CT molecular complexity index is 692. The Kier molecular flexibility index (Phi) is 3.85. The number of nitrogens with one attached hydrogen (secondary N) is 1. The predicted octanol–water partition coefficient (Wildman–Crippen LogP) is 3.59. The summed E-state index contributed by atoms with van der Waals surface area (Å²) in [6.45, 7) is 0. The third-order valence-corrected chi connectivity index (χ3v) is 2.80. The third-order valence-electron chi connectivity index (χ3n) is 2.51. The molecule has 0 aliphatic rings. The maximum Gasteiger partial charge on any atom is 0.258 e. The summed E-state index contributed by atoms with van der Waals surface area (Å²) in [5.74, 6) is -3.51. The number of nitrogens with two attached hydrogens (primary N) is 1. The van der Waals surface area contributed by atoms with Crippen LogP contribution in [0.1, 0.15) is 10.4 Å². The molecule has 0 heterocycles. The highest BCUT2D eigenvalue weighted by atomic mass is 35.5. The first-order chi connectivity index (χ1) is 9.38. The van der Waals surface area contributed by atoms with Gasteiger partial charge in [-0.15, -0.1) is 0 Å². The number of benzene rings is 2. The Morgan fingerprint density at radius 1 is 1.05 bits per heavy atom. The summed E-state index contributed by atoms with van der Waals surface area (Å²) >= 11 is 5.55. The molecule has 0 saturated heterocycles. The highest BCUT2D eigenvalue weighted by Gasteiger charge is 2.15. The van der Waals surface area contributed by atoms with E-state index >= 15 is 0 Å². The van der Waals surface area contributed by atoms with E-state index in [2.05, 4.69) is 5.32 Å². The number of carbonyl (C=O) groups is 1. The van der Waals surface area contributed by atoms with Gasteiger partial charge in [0.25, 0.3) is 5.91 Å². The highest BCUT2D eigenvalue weighted by Crippen LogP contribution is 2.21. The summed E-state index contributed by atoms with van der Waals surface area (Å²) in [6, 6.07) is 4.86. The second-order valence-electron chi connectivity index (χ2n) is 3.94. The van der Waals surface area contributed by atoms with Gasteiger partial charge in [0.1, 0.15) is 17.5 Å². The molecule has 7 heteroatoms. The zero-order valence-electron chi connectivity index (χ0n) is 9.88. The molecular formula is C13H8ClF3N2O. The lowest BCUT2D eigenvalue weighted by Gasteiger charge is -2.08. The molecule has 0 atom stereocenters. The maximum absolute atomic E-state index is 13.5. The predicted molar refractivity (Wildman–Crippen MR) is 70.1 cm³/mol. The molecule has 2 aromatic rings. The van der Waals surface area contributed by atoms with E-state index < -0.39 is 28.9 Å². The average molecular weight is 301 g/mol. The number of amides is 1. The van der Waals surface area contributed by atoms with Crippen LogP contribution in [0.4, 0.5) is 24.5 Å². The molecule has 3 N–H and O–H groups in total. The lowest BCUT2D eigenvalue weighted by Crippen LogP contribution is -2.14. The van der Waals surface area contributed by atoms with Crippen molar-refractivity contribution in [2.75, 3.05) is 11.1 Å². The smallest absolute Gasteiger partial charge is 0.258 e. The largest absolute Gasteiger partial charge is 0.396 e. The van der Waals surface area contributed by atoms with E-state index in [1.165, 1.54) is 12.1 Å². The summed E-state index contributed by atoms with van der Waals surface area (Å²) in [4.78, 5) is 11.8. The molecule has 0 saturated carbocycles. The van der Waals surface area contributed by atoms with Crippen LogP contribution in [0.15, 0.2) is 30.3 Å². The molecule has 0 spiro atoms. The molecule has 0 radical (unpaired) electrons. The molecule has 0 bridgehead atoms. The molecule has 0 aliphatic carbocycles. The van der Waals surface area contributed by atoms with Crippen LogP contribution in [0.5, 0.6) is 0 Å². The normalized spacial score (nSPS) is 10.4. The second kappa shape index (κ2) is 5.42. The number of nitrogen functional groups attached to an aromatic ring is 1. The average Bonchev–Trinajstić information content (AvgIpc) is 2.38. The zero-order valence-corrected chi connectivity index (χ0v) is 10.6. The molecule has 104 valence electrons. The first-order valence-electron chi connectivity index (χ1n) is 5.39. The summed E-state index contributed by atoms with van der Waals surface area (Å²) in [6.07, 6.45) is 0. The Morgan fingerprint density at radius 2 is 1.75 bits per heavy atom. The lowest BCUT2D eigenvalue weighted by atomic mass is 10.1. The monoisotopic (exact) mass is 300 g/mol. The van der Waals surface area contributed by atoms with E-state index in [9.17, 15) is 18.0 Å². The first-order valence-corrected chi connectivity index (χ1v) is 5.77. The topological polar surface area (TPSA) is 55.1 Å². The minimum Gasteiger partial charge on any atom is -0.396 e. The molecule has 0 unspecified atom stereocenters. The number of rotatable bonds is 2. The summed E-state index contributed by atoms with van der Waals surface area (Å²) in [7, 11) is 0. The number of carbonyl (C=O) groups excluding carboxylic acids is 1. The molecule has 3 nitrogen and oxygen atoms in total. The quantitative estimate of drug-likeness (QED) is 0.833. The van der Waals surface area contributed by atoms with Crippen LogP contribution in [0.25, 0.3) is 0 Å². The standard InChI is InChI=1S/C13H8ClF3N2O/c14-8-3-6(1-2-9(8)15)19-13(20)7-4-12(18)11(17)5-10(7)16/h1-5H,18H2,(H,19,20). The van der Waals surface area contributed by atoms with Crippen LogP contribution in [-0.2, 0) is 0 Å². The molecule has 2 rings (SSSR count). The van der Waals surface area contributed by atoms with E-state index in [1.54, 1.807) is 0 Å². The number of halogens is 4. The highest BCUT2D eigenvalue weighted by molar-refractivity contribution is 6.31. The maximum atomic E-state index is 13.5. The van der Waals surface area contributed by atoms with Gasteiger partial charge in [-0.05, 0) is 24.3 Å². The van der Waals surface area contributed by atoms with Gasteiger partial charge < -0.3 is 11.1 Å². The zero-order chi connectivity index (χ0) is 14.9. The van der Waals surface area contributed by atoms with Gasteiger partial charge in [0.15, 0.2) is 0 Å².